The summed E-state index contributed by atoms with van der Waals surface area (Å²) in [4.78, 5) is 13.6. The molecule has 0 atom stereocenters. The van der Waals surface area contributed by atoms with Gasteiger partial charge < -0.3 is 23.8 Å². The zero-order chi connectivity index (χ0) is 15.2. The first-order chi connectivity index (χ1) is 10.2. The van der Waals surface area contributed by atoms with Crippen LogP contribution in [0.5, 0.6) is 17.2 Å². The molecule has 1 heterocycles. The Morgan fingerprint density at radius 3 is 2.33 bits per heavy atom. The average molecular weight is 293 g/mol. The number of ether oxygens (including phenoxy) is 4. The van der Waals surface area contributed by atoms with Gasteiger partial charge in [-0.05, 0) is 23.8 Å². The lowest BCUT2D eigenvalue weighted by atomic mass is 10.1. The van der Waals surface area contributed by atoms with Crippen molar-refractivity contribution in [3.05, 3.63) is 23.8 Å². The highest BCUT2D eigenvalue weighted by Crippen LogP contribution is 2.38. The van der Waals surface area contributed by atoms with E-state index in [0.717, 1.165) is 5.56 Å². The molecule has 0 spiro atoms. The van der Waals surface area contributed by atoms with Crippen molar-refractivity contribution in [2.24, 2.45) is 0 Å². The maximum Gasteiger partial charge on any atom is 0.248 e. The molecule has 2 rings (SSSR count). The molecule has 0 aromatic heterocycles. The quantitative estimate of drug-likeness (QED) is 0.771. The van der Waals surface area contributed by atoms with Gasteiger partial charge in [-0.25, -0.2) is 0 Å². The molecule has 0 bridgehead atoms. The zero-order valence-corrected chi connectivity index (χ0v) is 12.4. The van der Waals surface area contributed by atoms with Gasteiger partial charge in [0.25, 0.3) is 0 Å². The Labute approximate surface area is 123 Å². The maximum absolute atomic E-state index is 11.9. The molecule has 6 nitrogen and oxygen atoms in total. The van der Waals surface area contributed by atoms with Crippen LogP contribution >= 0.6 is 0 Å². The lowest BCUT2D eigenvalue weighted by molar-refractivity contribution is -0.126. The van der Waals surface area contributed by atoms with Gasteiger partial charge in [-0.3, -0.25) is 4.79 Å². The molecule has 0 N–H and O–H groups in total. The van der Waals surface area contributed by atoms with Gasteiger partial charge >= 0.3 is 0 Å². The summed E-state index contributed by atoms with van der Waals surface area (Å²) in [6.07, 6.45) is 3.22. The summed E-state index contributed by atoms with van der Waals surface area (Å²) in [6, 6.07) is 3.57. The van der Waals surface area contributed by atoms with Crippen LogP contribution in [0.4, 0.5) is 0 Å². The van der Waals surface area contributed by atoms with Gasteiger partial charge in [-0.15, -0.1) is 0 Å². The number of hydrogen-bond donors (Lipinski definition) is 0. The SMILES string of the molecule is COc1cc(/C=C/C(=O)N2CCOC2)cc(OC)c1OC. The van der Waals surface area contributed by atoms with E-state index in [-0.39, 0.29) is 5.91 Å². The summed E-state index contributed by atoms with van der Waals surface area (Å²) < 4.78 is 20.9. The topological polar surface area (TPSA) is 57.2 Å². The van der Waals surface area contributed by atoms with Crippen LogP contribution < -0.4 is 14.2 Å². The van der Waals surface area contributed by atoms with E-state index in [9.17, 15) is 4.79 Å². The van der Waals surface area contributed by atoms with Crippen LogP contribution in [0, 0.1) is 0 Å². The van der Waals surface area contributed by atoms with Crippen molar-refractivity contribution >= 4 is 12.0 Å². The van der Waals surface area contributed by atoms with Crippen molar-refractivity contribution in [1.82, 2.24) is 4.90 Å². The summed E-state index contributed by atoms with van der Waals surface area (Å²) in [6.45, 7) is 1.56. The Bertz CT molecular complexity index is 510. The second-order valence-corrected chi connectivity index (χ2v) is 4.43. The minimum absolute atomic E-state index is 0.0822. The first-order valence-corrected chi connectivity index (χ1v) is 6.54. The lowest BCUT2D eigenvalue weighted by Crippen LogP contribution is -2.26. The average Bonchev–Trinajstić information content (AvgIpc) is 3.05. The highest BCUT2D eigenvalue weighted by molar-refractivity contribution is 5.92. The number of carbonyl (C=O) groups is 1. The molecule has 1 aliphatic heterocycles. The number of benzene rings is 1. The van der Waals surface area contributed by atoms with Crippen LogP contribution in [-0.4, -0.2) is 52.0 Å². The second kappa shape index (κ2) is 6.99. The number of hydrogen-bond acceptors (Lipinski definition) is 5. The number of carbonyl (C=O) groups excluding carboxylic acids is 1. The molecule has 114 valence electrons. The van der Waals surface area contributed by atoms with Crippen molar-refractivity contribution in [2.45, 2.75) is 0 Å². The van der Waals surface area contributed by atoms with Gasteiger partial charge in [0.05, 0.1) is 27.9 Å². The van der Waals surface area contributed by atoms with Crippen molar-refractivity contribution in [3.63, 3.8) is 0 Å². The third kappa shape index (κ3) is 3.46. The number of rotatable bonds is 5. The standard InChI is InChI=1S/C15H19NO5/c1-18-12-8-11(9-13(19-2)15(12)20-3)4-5-14(17)16-6-7-21-10-16/h4-5,8-9H,6-7,10H2,1-3H3/b5-4+. The molecule has 0 saturated carbocycles. The third-order valence-electron chi connectivity index (χ3n) is 3.17. The van der Waals surface area contributed by atoms with Crippen LogP contribution in [0.25, 0.3) is 6.08 Å². The maximum atomic E-state index is 11.9. The van der Waals surface area contributed by atoms with Crippen LogP contribution in [0.1, 0.15) is 5.56 Å². The third-order valence-corrected chi connectivity index (χ3v) is 3.17. The van der Waals surface area contributed by atoms with E-state index < -0.39 is 0 Å². The highest BCUT2D eigenvalue weighted by atomic mass is 16.5. The van der Waals surface area contributed by atoms with Gasteiger partial charge in [0.15, 0.2) is 11.5 Å². The van der Waals surface area contributed by atoms with Crippen LogP contribution in [0.3, 0.4) is 0 Å². The Kier molecular flexibility index (Phi) is 5.05. The van der Waals surface area contributed by atoms with Gasteiger partial charge in [-0.2, -0.15) is 0 Å². The predicted octanol–water partition coefficient (Wildman–Crippen LogP) is 1.54. The van der Waals surface area contributed by atoms with E-state index in [1.807, 2.05) is 0 Å². The van der Waals surface area contributed by atoms with Gasteiger partial charge in [0, 0.05) is 12.6 Å². The Morgan fingerprint density at radius 2 is 1.86 bits per heavy atom. The summed E-state index contributed by atoms with van der Waals surface area (Å²) in [5.41, 5.74) is 0.790. The van der Waals surface area contributed by atoms with Crippen LogP contribution in [0.15, 0.2) is 18.2 Å². The molecule has 0 radical (unpaired) electrons. The smallest absolute Gasteiger partial charge is 0.248 e. The summed E-state index contributed by atoms with van der Waals surface area (Å²) in [5, 5.41) is 0. The summed E-state index contributed by atoms with van der Waals surface area (Å²) >= 11 is 0. The predicted molar refractivity (Wildman–Crippen MR) is 77.7 cm³/mol. The fraction of sp³-hybridized carbons (Fsp3) is 0.400. The van der Waals surface area contributed by atoms with Crippen molar-refractivity contribution in [2.75, 3.05) is 41.2 Å². The molecule has 1 fully saturated rings. The molecule has 1 aromatic rings. The first kappa shape index (κ1) is 15.2. The van der Waals surface area contributed by atoms with Gasteiger partial charge in [0.1, 0.15) is 6.73 Å². The van der Waals surface area contributed by atoms with E-state index in [4.69, 9.17) is 18.9 Å². The first-order valence-electron chi connectivity index (χ1n) is 6.54. The number of nitrogens with zero attached hydrogens (tertiary/aromatic N) is 1. The normalized spacial score (nSPS) is 14.5. The molecule has 1 aromatic carbocycles. The minimum Gasteiger partial charge on any atom is -0.493 e. The van der Waals surface area contributed by atoms with E-state index >= 15 is 0 Å². The van der Waals surface area contributed by atoms with E-state index in [1.54, 1.807) is 44.4 Å². The second-order valence-electron chi connectivity index (χ2n) is 4.43. The molecule has 0 unspecified atom stereocenters. The van der Waals surface area contributed by atoms with Crippen LogP contribution in [0.2, 0.25) is 0 Å². The fourth-order valence-corrected chi connectivity index (χ4v) is 2.06. The Hall–Kier alpha value is -2.21. The summed E-state index contributed by atoms with van der Waals surface area (Å²) in [7, 11) is 4.65. The molecule has 0 aliphatic carbocycles. The molecular formula is C15H19NO5. The molecular weight excluding hydrogens is 274 g/mol. The Balaban J connectivity index is 2.21. The van der Waals surface area contributed by atoms with Crippen molar-refractivity contribution in [1.29, 1.82) is 0 Å². The van der Waals surface area contributed by atoms with Gasteiger partial charge in [0.2, 0.25) is 11.7 Å². The summed E-state index contributed by atoms with van der Waals surface area (Å²) in [5.74, 6) is 1.54. The van der Waals surface area contributed by atoms with E-state index in [2.05, 4.69) is 0 Å². The van der Waals surface area contributed by atoms with Crippen molar-refractivity contribution in [3.8, 4) is 17.2 Å². The van der Waals surface area contributed by atoms with Crippen molar-refractivity contribution < 1.29 is 23.7 Å². The molecule has 1 saturated heterocycles. The number of amides is 1. The van der Waals surface area contributed by atoms with Crippen LogP contribution in [-0.2, 0) is 9.53 Å². The lowest BCUT2D eigenvalue weighted by Gasteiger charge is -2.13. The molecule has 1 amide bonds. The van der Waals surface area contributed by atoms with Gasteiger partial charge in [-0.1, -0.05) is 0 Å². The molecule has 21 heavy (non-hydrogen) atoms. The fourth-order valence-electron chi connectivity index (χ4n) is 2.06. The zero-order valence-electron chi connectivity index (χ0n) is 12.4. The van der Waals surface area contributed by atoms with E-state index in [1.165, 1.54) is 6.08 Å². The van der Waals surface area contributed by atoms with E-state index in [0.29, 0.717) is 37.1 Å². The monoisotopic (exact) mass is 293 g/mol. The minimum atomic E-state index is -0.0822. The highest BCUT2D eigenvalue weighted by Gasteiger charge is 2.16. The number of methoxy groups -OCH3 is 3. The molecule has 6 heteroatoms. The Morgan fingerprint density at radius 1 is 1.19 bits per heavy atom. The largest absolute Gasteiger partial charge is 0.493 e. The molecule has 1 aliphatic rings.